The predicted molar refractivity (Wildman–Crippen MR) is 105 cm³/mol. The van der Waals surface area contributed by atoms with Crippen molar-refractivity contribution in [2.45, 2.75) is 57.5 Å². The zero-order valence-corrected chi connectivity index (χ0v) is 17.3. The van der Waals surface area contributed by atoms with Gasteiger partial charge >= 0.3 is 6.09 Å². The van der Waals surface area contributed by atoms with Gasteiger partial charge in [-0.1, -0.05) is 18.2 Å². The van der Waals surface area contributed by atoms with Crippen molar-refractivity contribution in [3.63, 3.8) is 0 Å². The highest BCUT2D eigenvalue weighted by molar-refractivity contribution is 5.91. The molecule has 2 amide bonds. The summed E-state index contributed by atoms with van der Waals surface area (Å²) in [6.45, 7) is 7.50. The number of rotatable bonds is 4. The number of nitrogens with zero attached hydrogens (tertiary/aromatic N) is 2. The van der Waals surface area contributed by atoms with E-state index < -0.39 is 11.0 Å². The van der Waals surface area contributed by atoms with Crippen LogP contribution in [0.4, 0.5) is 9.18 Å². The second-order valence-corrected chi connectivity index (χ2v) is 9.16. The van der Waals surface area contributed by atoms with Gasteiger partial charge in [0.05, 0.1) is 5.41 Å². The summed E-state index contributed by atoms with van der Waals surface area (Å²) in [7, 11) is 1.81. The van der Waals surface area contributed by atoms with Crippen LogP contribution in [0.1, 0.15) is 52.0 Å². The summed E-state index contributed by atoms with van der Waals surface area (Å²) in [5.41, 5.74) is -0.657. The fourth-order valence-electron chi connectivity index (χ4n) is 4.03. The summed E-state index contributed by atoms with van der Waals surface area (Å²) in [5.74, 6) is 0.0450. The van der Waals surface area contributed by atoms with Gasteiger partial charge in [-0.05, 0) is 58.4 Å². The number of piperidine rings is 1. The van der Waals surface area contributed by atoms with Crippen LogP contribution in [-0.2, 0) is 14.9 Å². The Bertz CT molecular complexity index is 732. The minimum atomic E-state index is -0.683. The van der Waals surface area contributed by atoms with Gasteiger partial charge < -0.3 is 14.5 Å². The fraction of sp³-hybridized carbons (Fsp3) is 0.636. The van der Waals surface area contributed by atoms with Crippen molar-refractivity contribution in [1.29, 1.82) is 0 Å². The van der Waals surface area contributed by atoms with Gasteiger partial charge in [-0.25, -0.2) is 9.18 Å². The SMILES string of the molecule is CN(CC1CCN(C(=O)OC(C)(C)C)CC1)C(=O)C1(c2ccccc2F)CC1. The second-order valence-electron chi connectivity index (χ2n) is 9.16. The largest absolute Gasteiger partial charge is 0.444 e. The lowest BCUT2D eigenvalue weighted by molar-refractivity contribution is -0.133. The normalized spacial score (nSPS) is 19.2. The van der Waals surface area contributed by atoms with Crippen LogP contribution in [0.5, 0.6) is 0 Å². The maximum atomic E-state index is 14.2. The lowest BCUT2D eigenvalue weighted by Gasteiger charge is -2.35. The Kier molecular flexibility index (Phi) is 5.69. The molecule has 0 atom stereocenters. The molecule has 1 aliphatic carbocycles. The average Bonchev–Trinajstić information content (AvgIpc) is 3.42. The summed E-state index contributed by atoms with van der Waals surface area (Å²) >= 11 is 0. The molecule has 2 fully saturated rings. The first-order valence-corrected chi connectivity index (χ1v) is 10.1. The van der Waals surface area contributed by atoms with Crippen molar-refractivity contribution >= 4 is 12.0 Å². The number of hydrogen-bond donors (Lipinski definition) is 0. The van der Waals surface area contributed by atoms with Gasteiger partial charge in [-0.2, -0.15) is 0 Å². The number of carbonyl (C=O) groups excluding carboxylic acids is 2. The van der Waals surface area contributed by atoms with Crippen molar-refractivity contribution in [3.8, 4) is 0 Å². The summed E-state index contributed by atoms with van der Waals surface area (Å²) in [6.07, 6.45) is 2.81. The minimum Gasteiger partial charge on any atom is -0.444 e. The first-order chi connectivity index (χ1) is 13.1. The summed E-state index contributed by atoms with van der Waals surface area (Å²) in [5, 5.41) is 0. The molecule has 154 valence electrons. The maximum Gasteiger partial charge on any atom is 0.410 e. The molecule has 0 unspecified atom stereocenters. The third-order valence-corrected chi connectivity index (χ3v) is 5.69. The van der Waals surface area contributed by atoms with Crippen molar-refractivity contribution < 1.29 is 18.7 Å². The number of benzene rings is 1. The number of likely N-dealkylation sites (N-methyl/N-ethyl adjacent to an activating group) is 1. The standard InChI is InChI=1S/C22H31FN2O3/c1-21(2,3)28-20(27)25-13-9-16(10-14-25)15-24(4)19(26)22(11-12-22)17-7-5-6-8-18(17)23/h5-8,16H,9-15H2,1-4H3. The van der Waals surface area contributed by atoms with E-state index in [2.05, 4.69) is 0 Å². The molecule has 5 nitrogen and oxygen atoms in total. The molecule has 1 aliphatic heterocycles. The van der Waals surface area contributed by atoms with Crippen LogP contribution in [0.2, 0.25) is 0 Å². The monoisotopic (exact) mass is 390 g/mol. The van der Waals surface area contributed by atoms with Gasteiger partial charge in [0, 0.05) is 32.2 Å². The molecular weight excluding hydrogens is 359 g/mol. The van der Waals surface area contributed by atoms with E-state index in [4.69, 9.17) is 4.74 Å². The number of hydrogen-bond acceptors (Lipinski definition) is 3. The molecule has 1 aromatic carbocycles. The highest BCUT2D eigenvalue weighted by atomic mass is 19.1. The van der Waals surface area contributed by atoms with Crippen LogP contribution in [0.3, 0.4) is 0 Å². The van der Waals surface area contributed by atoms with E-state index in [1.807, 2.05) is 27.8 Å². The molecule has 1 aromatic rings. The lowest BCUT2D eigenvalue weighted by Crippen LogP contribution is -2.45. The summed E-state index contributed by atoms with van der Waals surface area (Å²) in [6, 6.07) is 6.60. The quantitative estimate of drug-likeness (QED) is 0.782. The van der Waals surface area contributed by atoms with E-state index in [-0.39, 0.29) is 17.8 Å². The number of amides is 2. The zero-order chi connectivity index (χ0) is 20.5. The molecule has 28 heavy (non-hydrogen) atoms. The molecule has 0 aromatic heterocycles. The number of ether oxygens (including phenoxy) is 1. The number of halogens is 1. The molecule has 0 spiro atoms. The average molecular weight is 390 g/mol. The molecule has 0 bridgehead atoms. The molecule has 1 heterocycles. The Balaban J connectivity index is 1.54. The third kappa shape index (κ3) is 4.47. The molecule has 0 radical (unpaired) electrons. The van der Waals surface area contributed by atoms with Crippen LogP contribution in [0, 0.1) is 11.7 Å². The van der Waals surface area contributed by atoms with E-state index in [1.54, 1.807) is 28.0 Å². The molecule has 3 rings (SSSR count). The number of likely N-dealkylation sites (tertiary alicyclic amines) is 1. The van der Waals surface area contributed by atoms with Gasteiger partial charge in [-0.15, -0.1) is 0 Å². The fourth-order valence-corrected chi connectivity index (χ4v) is 4.03. The smallest absolute Gasteiger partial charge is 0.410 e. The molecule has 2 aliphatic rings. The Labute approximate surface area is 166 Å². The molecule has 6 heteroatoms. The molecule has 1 saturated heterocycles. The van der Waals surface area contributed by atoms with E-state index in [0.29, 0.717) is 44.0 Å². The van der Waals surface area contributed by atoms with Gasteiger partial charge in [0.2, 0.25) is 5.91 Å². The highest BCUT2D eigenvalue weighted by Crippen LogP contribution is 2.50. The molecule has 0 N–H and O–H groups in total. The van der Waals surface area contributed by atoms with Crippen LogP contribution >= 0.6 is 0 Å². The molecule has 1 saturated carbocycles. The second kappa shape index (κ2) is 7.72. The highest BCUT2D eigenvalue weighted by Gasteiger charge is 2.53. The van der Waals surface area contributed by atoms with Crippen LogP contribution in [0.25, 0.3) is 0 Å². The van der Waals surface area contributed by atoms with Crippen molar-refractivity contribution in [2.75, 3.05) is 26.7 Å². The maximum absolute atomic E-state index is 14.2. The van der Waals surface area contributed by atoms with Crippen LogP contribution in [-0.4, -0.2) is 54.1 Å². The Morgan fingerprint density at radius 2 is 1.82 bits per heavy atom. The number of carbonyl (C=O) groups is 2. The predicted octanol–water partition coefficient (Wildman–Crippen LogP) is 3.96. The van der Waals surface area contributed by atoms with Crippen molar-refractivity contribution in [2.24, 2.45) is 5.92 Å². The lowest BCUT2D eigenvalue weighted by atomic mass is 9.92. The molecular formula is C22H31FN2O3. The van der Waals surface area contributed by atoms with E-state index >= 15 is 0 Å². The van der Waals surface area contributed by atoms with Gasteiger partial charge in [-0.3, -0.25) is 4.79 Å². The van der Waals surface area contributed by atoms with Gasteiger partial charge in [0.25, 0.3) is 0 Å². The Morgan fingerprint density at radius 1 is 1.21 bits per heavy atom. The van der Waals surface area contributed by atoms with E-state index in [9.17, 15) is 14.0 Å². The van der Waals surface area contributed by atoms with Gasteiger partial charge in [0.1, 0.15) is 11.4 Å². The topological polar surface area (TPSA) is 49.9 Å². The summed E-state index contributed by atoms with van der Waals surface area (Å²) in [4.78, 5) is 28.7. The van der Waals surface area contributed by atoms with Crippen LogP contribution in [0.15, 0.2) is 24.3 Å². The van der Waals surface area contributed by atoms with Gasteiger partial charge in [0.15, 0.2) is 0 Å². The Morgan fingerprint density at radius 3 is 2.36 bits per heavy atom. The van der Waals surface area contributed by atoms with Crippen molar-refractivity contribution in [1.82, 2.24) is 9.80 Å². The Hall–Kier alpha value is -2.11. The third-order valence-electron chi connectivity index (χ3n) is 5.69. The first-order valence-electron chi connectivity index (χ1n) is 10.1. The van der Waals surface area contributed by atoms with Crippen LogP contribution < -0.4 is 0 Å². The zero-order valence-electron chi connectivity index (χ0n) is 17.3. The van der Waals surface area contributed by atoms with E-state index in [0.717, 1.165) is 12.8 Å². The minimum absolute atomic E-state index is 0.00664. The van der Waals surface area contributed by atoms with Crippen molar-refractivity contribution in [3.05, 3.63) is 35.6 Å². The first kappa shape index (κ1) is 20.6. The summed E-state index contributed by atoms with van der Waals surface area (Å²) < 4.78 is 19.7. The van der Waals surface area contributed by atoms with E-state index in [1.165, 1.54) is 6.07 Å².